The first-order valence-corrected chi connectivity index (χ1v) is 8.40. The van der Waals surface area contributed by atoms with E-state index in [1.54, 1.807) is 0 Å². The monoisotopic (exact) mass is 291 g/mol. The minimum absolute atomic E-state index is 0.219. The van der Waals surface area contributed by atoms with Crippen LogP contribution < -0.4 is 10.1 Å². The number of para-hydroxylation sites is 1. The summed E-state index contributed by atoms with van der Waals surface area (Å²) in [5.74, 6) is 1.00. The number of hydrogen-bond acceptors (Lipinski definition) is 2. The Morgan fingerprint density at radius 3 is 2.52 bits per heavy atom. The number of hydrogen-bond donors (Lipinski definition) is 1. The van der Waals surface area contributed by atoms with Gasteiger partial charge in [0.25, 0.3) is 0 Å². The smallest absolute Gasteiger partial charge is 0.124 e. The summed E-state index contributed by atoms with van der Waals surface area (Å²) in [5.41, 5.74) is 1.61. The number of rotatable bonds is 10. The lowest BCUT2D eigenvalue weighted by Crippen LogP contribution is -2.29. The summed E-state index contributed by atoms with van der Waals surface area (Å²) < 4.78 is 5.87. The maximum absolute atomic E-state index is 5.87. The van der Waals surface area contributed by atoms with E-state index in [9.17, 15) is 0 Å². The summed E-state index contributed by atoms with van der Waals surface area (Å²) in [6.07, 6.45) is 5.48. The first kappa shape index (κ1) is 18.0. The highest BCUT2D eigenvalue weighted by Gasteiger charge is 2.16. The molecule has 0 heterocycles. The van der Waals surface area contributed by atoms with Crippen LogP contribution in [0.1, 0.15) is 65.9 Å². The van der Waals surface area contributed by atoms with Gasteiger partial charge < -0.3 is 10.1 Å². The zero-order valence-corrected chi connectivity index (χ0v) is 14.5. The average Bonchev–Trinajstić information content (AvgIpc) is 2.40. The molecule has 0 aromatic heterocycles. The van der Waals surface area contributed by atoms with Crippen LogP contribution in [0.3, 0.4) is 0 Å². The van der Waals surface area contributed by atoms with E-state index in [1.807, 2.05) is 6.07 Å². The quantitative estimate of drug-likeness (QED) is 0.600. The number of nitrogens with one attached hydrogen (secondary N) is 1. The standard InChI is InChI=1S/C19H33NO/c1-6-7-10-13-19(4,5)15-20-14-17-11-8-9-12-18(17)21-16(2)3/h8-9,11-12,16,20H,6-7,10,13-15H2,1-5H3. The van der Waals surface area contributed by atoms with E-state index in [2.05, 4.69) is 58.1 Å². The molecule has 0 fully saturated rings. The predicted octanol–water partition coefficient (Wildman–Crippen LogP) is 5.17. The van der Waals surface area contributed by atoms with E-state index in [0.717, 1.165) is 18.8 Å². The van der Waals surface area contributed by atoms with Crippen molar-refractivity contribution in [2.24, 2.45) is 5.41 Å². The lowest BCUT2D eigenvalue weighted by molar-refractivity contribution is 0.238. The van der Waals surface area contributed by atoms with Crippen LogP contribution >= 0.6 is 0 Å². The normalized spacial score (nSPS) is 11.9. The molecule has 0 aliphatic rings. The second kappa shape index (κ2) is 9.09. The summed E-state index contributed by atoms with van der Waals surface area (Å²) in [5, 5.41) is 3.60. The fraction of sp³-hybridized carbons (Fsp3) is 0.684. The van der Waals surface area contributed by atoms with Crippen molar-refractivity contribution in [1.29, 1.82) is 0 Å². The summed E-state index contributed by atoms with van der Waals surface area (Å²) >= 11 is 0. The highest BCUT2D eigenvalue weighted by molar-refractivity contribution is 5.33. The summed E-state index contributed by atoms with van der Waals surface area (Å²) in [6, 6.07) is 8.32. The Kier molecular flexibility index (Phi) is 7.81. The Bertz CT molecular complexity index is 398. The molecule has 120 valence electrons. The van der Waals surface area contributed by atoms with Gasteiger partial charge in [0.05, 0.1) is 6.10 Å². The zero-order valence-electron chi connectivity index (χ0n) is 14.5. The van der Waals surface area contributed by atoms with E-state index >= 15 is 0 Å². The minimum Gasteiger partial charge on any atom is -0.491 e. The Morgan fingerprint density at radius 2 is 1.86 bits per heavy atom. The van der Waals surface area contributed by atoms with Crippen molar-refractivity contribution in [3.05, 3.63) is 29.8 Å². The third-order valence-electron chi connectivity index (χ3n) is 3.71. The maximum atomic E-state index is 5.87. The molecular weight excluding hydrogens is 258 g/mol. The van der Waals surface area contributed by atoms with Gasteiger partial charge in [-0.3, -0.25) is 0 Å². The lowest BCUT2D eigenvalue weighted by atomic mass is 9.87. The molecule has 1 rings (SSSR count). The molecule has 0 bridgehead atoms. The molecule has 1 aromatic rings. The molecule has 0 spiro atoms. The molecule has 2 heteroatoms. The van der Waals surface area contributed by atoms with Crippen molar-refractivity contribution in [2.75, 3.05) is 6.54 Å². The summed E-state index contributed by atoms with van der Waals surface area (Å²) in [7, 11) is 0. The third-order valence-corrected chi connectivity index (χ3v) is 3.71. The Labute approximate surface area is 131 Å². The molecule has 0 atom stereocenters. The van der Waals surface area contributed by atoms with Gasteiger partial charge in [0, 0.05) is 18.7 Å². The van der Waals surface area contributed by atoms with Crippen LogP contribution in [0.5, 0.6) is 5.75 Å². The molecule has 0 aliphatic carbocycles. The third kappa shape index (κ3) is 7.52. The maximum Gasteiger partial charge on any atom is 0.124 e. The number of ether oxygens (including phenoxy) is 1. The summed E-state index contributed by atoms with van der Waals surface area (Å²) in [6.45, 7) is 13.0. The predicted molar refractivity (Wildman–Crippen MR) is 91.8 cm³/mol. The van der Waals surface area contributed by atoms with Gasteiger partial charge in [-0.25, -0.2) is 0 Å². The molecule has 0 saturated carbocycles. The molecular formula is C19H33NO. The van der Waals surface area contributed by atoms with E-state index < -0.39 is 0 Å². The fourth-order valence-electron chi connectivity index (χ4n) is 2.50. The van der Waals surface area contributed by atoms with Gasteiger partial charge in [-0.05, 0) is 31.7 Å². The average molecular weight is 291 g/mol. The van der Waals surface area contributed by atoms with Crippen LogP contribution in [-0.4, -0.2) is 12.6 Å². The van der Waals surface area contributed by atoms with Crippen LogP contribution in [-0.2, 0) is 6.54 Å². The highest BCUT2D eigenvalue weighted by Crippen LogP contribution is 2.24. The Morgan fingerprint density at radius 1 is 1.14 bits per heavy atom. The zero-order chi connectivity index (χ0) is 15.7. The Balaban J connectivity index is 2.44. The van der Waals surface area contributed by atoms with Gasteiger partial charge in [0.1, 0.15) is 5.75 Å². The van der Waals surface area contributed by atoms with Gasteiger partial charge >= 0.3 is 0 Å². The van der Waals surface area contributed by atoms with Crippen LogP contribution in [0.25, 0.3) is 0 Å². The first-order chi connectivity index (χ1) is 9.94. The number of benzene rings is 1. The van der Waals surface area contributed by atoms with Crippen molar-refractivity contribution in [1.82, 2.24) is 5.32 Å². The van der Waals surface area contributed by atoms with E-state index in [1.165, 1.54) is 31.2 Å². The second-order valence-electron chi connectivity index (χ2n) is 7.00. The molecule has 0 amide bonds. The lowest BCUT2D eigenvalue weighted by Gasteiger charge is -2.25. The topological polar surface area (TPSA) is 21.3 Å². The van der Waals surface area contributed by atoms with Gasteiger partial charge in [0.15, 0.2) is 0 Å². The van der Waals surface area contributed by atoms with Crippen molar-refractivity contribution in [3.63, 3.8) is 0 Å². The molecule has 2 nitrogen and oxygen atoms in total. The molecule has 21 heavy (non-hydrogen) atoms. The van der Waals surface area contributed by atoms with Gasteiger partial charge in [-0.15, -0.1) is 0 Å². The molecule has 1 aromatic carbocycles. The number of unbranched alkanes of at least 4 members (excludes halogenated alkanes) is 2. The van der Waals surface area contributed by atoms with Crippen molar-refractivity contribution >= 4 is 0 Å². The second-order valence-corrected chi connectivity index (χ2v) is 7.00. The summed E-state index contributed by atoms with van der Waals surface area (Å²) in [4.78, 5) is 0. The first-order valence-electron chi connectivity index (χ1n) is 8.40. The SMILES string of the molecule is CCCCCC(C)(C)CNCc1ccccc1OC(C)C. The van der Waals surface area contributed by atoms with E-state index in [-0.39, 0.29) is 6.10 Å². The highest BCUT2D eigenvalue weighted by atomic mass is 16.5. The Hall–Kier alpha value is -1.02. The van der Waals surface area contributed by atoms with Crippen LogP contribution in [0.2, 0.25) is 0 Å². The molecule has 0 aliphatic heterocycles. The molecule has 0 radical (unpaired) electrons. The van der Waals surface area contributed by atoms with Crippen LogP contribution in [0, 0.1) is 5.41 Å². The van der Waals surface area contributed by atoms with E-state index in [4.69, 9.17) is 4.74 Å². The van der Waals surface area contributed by atoms with E-state index in [0.29, 0.717) is 5.41 Å². The minimum atomic E-state index is 0.219. The largest absolute Gasteiger partial charge is 0.491 e. The van der Waals surface area contributed by atoms with Gasteiger partial charge in [0.2, 0.25) is 0 Å². The fourth-order valence-corrected chi connectivity index (χ4v) is 2.50. The van der Waals surface area contributed by atoms with Gasteiger partial charge in [-0.1, -0.05) is 58.2 Å². The molecule has 1 N–H and O–H groups in total. The molecule has 0 saturated heterocycles. The van der Waals surface area contributed by atoms with Crippen molar-refractivity contribution < 1.29 is 4.74 Å². The van der Waals surface area contributed by atoms with Gasteiger partial charge in [-0.2, -0.15) is 0 Å². The van der Waals surface area contributed by atoms with Crippen molar-refractivity contribution in [2.45, 2.75) is 73.0 Å². The molecule has 0 unspecified atom stereocenters. The van der Waals surface area contributed by atoms with Crippen LogP contribution in [0.4, 0.5) is 0 Å². The van der Waals surface area contributed by atoms with Crippen molar-refractivity contribution in [3.8, 4) is 5.75 Å². The van der Waals surface area contributed by atoms with Crippen LogP contribution in [0.15, 0.2) is 24.3 Å².